The van der Waals surface area contributed by atoms with Crippen LogP contribution in [0.5, 0.6) is 0 Å². The summed E-state index contributed by atoms with van der Waals surface area (Å²) in [5.74, 6) is 0.402. The minimum Gasteiger partial charge on any atom is -0.469 e. The highest BCUT2D eigenvalue weighted by atomic mass is 79.9. The number of thioether (sulfide) groups is 1. The molecule has 1 heterocycles. The van der Waals surface area contributed by atoms with E-state index in [2.05, 4.69) is 25.7 Å². The van der Waals surface area contributed by atoms with Crippen LogP contribution in [-0.2, 0) is 9.53 Å². The molecule has 0 spiro atoms. The predicted octanol–water partition coefficient (Wildman–Crippen LogP) is 3.19. The molecule has 0 atom stereocenters. The molecule has 1 fully saturated rings. The Balaban J connectivity index is 2.04. The van der Waals surface area contributed by atoms with Gasteiger partial charge in [0.25, 0.3) is 0 Å². The first kappa shape index (κ1) is 15.2. The number of nitro groups is 1. The van der Waals surface area contributed by atoms with Gasteiger partial charge in [0.15, 0.2) is 5.03 Å². The highest BCUT2D eigenvalue weighted by Crippen LogP contribution is 2.52. The van der Waals surface area contributed by atoms with Crippen molar-refractivity contribution < 1.29 is 14.5 Å². The fourth-order valence-corrected chi connectivity index (χ4v) is 3.37. The molecular formula is C12H13BrN2O4S. The molecule has 0 amide bonds. The standard InChI is InChI=1S/C12H13BrN2O4S/c1-19-10(16)5-12(2-3-12)7-20-11-9(15(17)18)4-8(13)6-14-11/h4,6H,2-3,5,7H2,1H3. The van der Waals surface area contributed by atoms with Gasteiger partial charge in [-0.15, -0.1) is 0 Å². The smallest absolute Gasteiger partial charge is 0.306 e. The predicted molar refractivity (Wildman–Crippen MR) is 77.6 cm³/mol. The third-order valence-corrected chi connectivity index (χ3v) is 4.99. The second-order valence-corrected chi connectivity index (χ2v) is 6.66. The van der Waals surface area contributed by atoms with Crippen molar-refractivity contribution >= 4 is 39.3 Å². The molecule has 0 aliphatic heterocycles. The van der Waals surface area contributed by atoms with Gasteiger partial charge in [-0.25, -0.2) is 4.98 Å². The van der Waals surface area contributed by atoms with Crippen molar-refractivity contribution in [3.05, 3.63) is 26.9 Å². The SMILES string of the molecule is COC(=O)CC1(CSc2ncc(Br)cc2[N+](=O)[O-])CC1. The summed E-state index contributed by atoms with van der Waals surface area (Å²) in [6.07, 6.45) is 3.79. The van der Waals surface area contributed by atoms with Gasteiger partial charge in [-0.05, 0) is 34.2 Å². The minimum atomic E-state index is -0.444. The monoisotopic (exact) mass is 360 g/mol. The van der Waals surface area contributed by atoms with E-state index < -0.39 is 4.92 Å². The number of nitrogens with zero attached hydrogens (tertiary/aromatic N) is 2. The summed E-state index contributed by atoms with van der Waals surface area (Å²) in [6.45, 7) is 0. The average molecular weight is 361 g/mol. The number of halogens is 1. The maximum Gasteiger partial charge on any atom is 0.306 e. The molecule has 1 saturated carbocycles. The number of ether oxygens (including phenoxy) is 1. The lowest BCUT2D eigenvalue weighted by Crippen LogP contribution is -2.13. The number of methoxy groups -OCH3 is 1. The molecular weight excluding hydrogens is 348 g/mol. The van der Waals surface area contributed by atoms with Crippen LogP contribution in [0.25, 0.3) is 0 Å². The van der Waals surface area contributed by atoms with Crippen LogP contribution >= 0.6 is 27.7 Å². The molecule has 1 aromatic heterocycles. The molecule has 2 rings (SSSR count). The van der Waals surface area contributed by atoms with Crippen LogP contribution in [0.2, 0.25) is 0 Å². The van der Waals surface area contributed by atoms with E-state index in [0.717, 1.165) is 12.8 Å². The summed E-state index contributed by atoms with van der Waals surface area (Å²) in [5, 5.41) is 11.4. The zero-order valence-corrected chi connectivity index (χ0v) is 13.2. The van der Waals surface area contributed by atoms with E-state index in [0.29, 0.717) is 21.7 Å². The average Bonchev–Trinajstić information content (AvgIpc) is 3.17. The van der Waals surface area contributed by atoms with Crippen molar-refractivity contribution in [3.8, 4) is 0 Å². The molecule has 1 aromatic rings. The van der Waals surface area contributed by atoms with E-state index >= 15 is 0 Å². The lowest BCUT2D eigenvalue weighted by molar-refractivity contribution is -0.388. The second-order valence-electron chi connectivity index (χ2n) is 4.78. The first-order chi connectivity index (χ1) is 9.46. The Hall–Kier alpha value is -1.15. The highest BCUT2D eigenvalue weighted by Gasteiger charge is 2.45. The summed E-state index contributed by atoms with van der Waals surface area (Å²) in [5.41, 5.74) is -0.0985. The Bertz CT molecular complexity index is 548. The van der Waals surface area contributed by atoms with E-state index in [9.17, 15) is 14.9 Å². The van der Waals surface area contributed by atoms with Crippen LogP contribution in [0, 0.1) is 15.5 Å². The van der Waals surface area contributed by atoms with Gasteiger partial charge in [0, 0.05) is 22.5 Å². The minimum absolute atomic E-state index is 0.0155. The molecule has 1 aliphatic carbocycles. The Morgan fingerprint density at radius 3 is 2.90 bits per heavy atom. The van der Waals surface area contributed by atoms with Gasteiger partial charge in [0.2, 0.25) is 0 Å². The fraction of sp³-hybridized carbons (Fsp3) is 0.500. The van der Waals surface area contributed by atoms with E-state index in [1.165, 1.54) is 31.1 Å². The Labute approximate surface area is 128 Å². The number of pyridine rings is 1. The molecule has 8 heteroatoms. The van der Waals surface area contributed by atoms with E-state index in [1.54, 1.807) is 0 Å². The number of esters is 1. The molecule has 0 N–H and O–H groups in total. The maximum atomic E-state index is 11.3. The molecule has 20 heavy (non-hydrogen) atoms. The van der Waals surface area contributed by atoms with Gasteiger partial charge in [0.05, 0.1) is 18.5 Å². The first-order valence-corrected chi connectivity index (χ1v) is 7.73. The summed E-state index contributed by atoms with van der Waals surface area (Å²) in [4.78, 5) is 26.0. The quantitative estimate of drug-likeness (QED) is 0.335. The molecule has 1 aliphatic rings. The van der Waals surface area contributed by atoms with E-state index in [4.69, 9.17) is 0 Å². The molecule has 0 radical (unpaired) electrons. The number of carbonyl (C=O) groups excluding carboxylic acids is 1. The second kappa shape index (κ2) is 6.09. The Morgan fingerprint density at radius 1 is 1.65 bits per heavy atom. The van der Waals surface area contributed by atoms with Crippen molar-refractivity contribution in [2.45, 2.75) is 24.3 Å². The number of rotatable bonds is 6. The van der Waals surface area contributed by atoms with Crippen LogP contribution in [0.1, 0.15) is 19.3 Å². The van der Waals surface area contributed by atoms with Gasteiger partial charge in [-0.1, -0.05) is 11.8 Å². The number of carbonyl (C=O) groups is 1. The van der Waals surface area contributed by atoms with Crippen LogP contribution in [-0.4, -0.2) is 28.7 Å². The zero-order valence-electron chi connectivity index (χ0n) is 10.8. The van der Waals surface area contributed by atoms with Crippen molar-refractivity contribution in [2.24, 2.45) is 5.41 Å². The van der Waals surface area contributed by atoms with Gasteiger partial charge < -0.3 is 4.74 Å². The lowest BCUT2D eigenvalue weighted by atomic mass is 10.1. The maximum absolute atomic E-state index is 11.3. The van der Waals surface area contributed by atoms with Crippen molar-refractivity contribution in [1.82, 2.24) is 4.98 Å². The van der Waals surface area contributed by atoms with Gasteiger partial charge in [-0.3, -0.25) is 14.9 Å². The summed E-state index contributed by atoms with van der Waals surface area (Å²) in [7, 11) is 1.37. The molecule has 0 aromatic carbocycles. The largest absolute Gasteiger partial charge is 0.469 e. The molecule has 0 bridgehead atoms. The van der Waals surface area contributed by atoms with E-state index in [-0.39, 0.29) is 17.1 Å². The van der Waals surface area contributed by atoms with Gasteiger partial charge in [0.1, 0.15) is 0 Å². The lowest BCUT2D eigenvalue weighted by Gasteiger charge is -2.12. The van der Waals surface area contributed by atoms with Gasteiger partial charge in [-0.2, -0.15) is 0 Å². The fourth-order valence-electron chi connectivity index (χ4n) is 1.81. The Kier molecular flexibility index (Phi) is 4.64. The summed E-state index contributed by atoms with van der Waals surface area (Å²) >= 11 is 4.50. The molecule has 0 unspecified atom stereocenters. The number of hydrogen-bond donors (Lipinski definition) is 0. The number of hydrogen-bond acceptors (Lipinski definition) is 6. The molecule has 108 valence electrons. The third-order valence-electron chi connectivity index (χ3n) is 3.21. The zero-order chi connectivity index (χ0) is 14.8. The van der Waals surface area contributed by atoms with Crippen LogP contribution in [0.15, 0.2) is 21.8 Å². The van der Waals surface area contributed by atoms with Crippen LogP contribution in [0.3, 0.4) is 0 Å². The summed E-state index contributed by atoms with van der Waals surface area (Å²) < 4.78 is 5.25. The molecule has 0 saturated heterocycles. The van der Waals surface area contributed by atoms with Crippen LogP contribution in [0.4, 0.5) is 5.69 Å². The van der Waals surface area contributed by atoms with Crippen molar-refractivity contribution in [3.63, 3.8) is 0 Å². The third kappa shape index (κ3) is 3.69. The topological polar surface area (TPSA) is 82.3 Å². The first-order valence-electron chi connectivity index (χ1n) is 5.95. The highest BCUT2D eigenvalue weighted by molar-refractivity contribution is 9.10. The van der Waals surface area contributed by atoms with Gasteiger partial charge >= 0.3 is 11.7 Å². The van der Waals surface area contributed by atoms with Crippen molar-refractivity contribution in [1.29, 1.82) is 0 Å². The molecule has 6 nitrogen and oxygen atoms in total. The van der Waals surface area contributed by atoms with E-state index in [1.807, 2.05) is 0 Å². The summed E-state index contributed by atoms with van der Waals surface area (Å²) in [6, 6.07) is 1.44. The number of aromatic nitrogens is 1. The van der Waals surface area contributed by atoms with Crippen molar-refractivity contribution in [2.75, 3.05) is 12.9 Å². The van der Waals surface area contributed by atoms with Crippen LogP contribution < -0.4 is 0 Å². The normalized spacial score (nSPS) is 15.7. The Morgan fingerprint density at radius 2 is 2.35 bits per heavy atom.